The van der Waals surface area contributed by atoms with Gasteiger partial charge >= 0.3 is 0 Å². The van der Waals surface area contributed by atoms with E-state index in [0.29, 0.717) is 24.6 Å². The maximum Gasteiger partial charge on any atom is 0.254 e. The number of carbonyl (C=O) groups excluding carboxylic acids is 2. The molecule has 5 nitrogen and oxygen atoms in total. The highest BCUT2D eigenvalue weighted by molar-refractivity contribution is 5.98. The predicted octanol–water partition coefficient (Wildman–Crippen LogP) is 2.61. The lowest BCUT2D eigenvalue weighted by Gasteiger charge is -2.33. The van der Waals surface area contributed by atoms with Gasteiger partial charge in [0.05, 0.1) is 0 Å². The normalized spacial score (nSPS) is 25.5. The number of benzene rings is 1. The topological polar surface area (TPSA) is 58.6 Å². The molecule has 3 rings (SSSR count). The zero-order valence-corrected chi connectivity index (χ0v) is 14.9. The maximum atomic E-state index is 13.1. The number of methoxy groups -OCH3 is 1. The van der Waals surface area contributed by atoms with Gasteiger partial charge in [0.1, 0.15) is 6.04 Å². The molecule has 0 radical (unpaired) electrons. The van der Waals surface area contributed by atoms with Crippen LogP contribution in [0.15, 0.2) is 30.3 Å². The minimum absolute atomic E-state index is 0.00737. The van der Waals surface area contributed by atoms with Gasteiger partial charge in [-0.3, -0.25) is 9.59 Å². The van der Waals surface area contributed by atoms with Gasteiger partial charge in [0.2, 0.25) is 5.91 Å². The monoisotopic (exact) mass is 344 g/mol. The van der Waals surface area contributed by atoms with Gasteiger partial charge in [-0.1, -0.05) is 31.0 Å². The Bertz CT molecular complexity index is 590. The maximum absolute atomic E-state index is 13.1. The first-order valence-corrected chi connectivity index (χ1v) is 9.36. The summed E-state index contributed by atoms with van der Waals surface area (Å²) in [4.78, 5) is 27.8. The molecule has 2 fully saturated rings. The third kappa shape index (κ3) is 4.03. The fourth-order valence-corrected chi connectivity index (χ4v) is 4.26. The molecular weight excluding hydrogens is 316 g/mol. The van der Waals surface area contributed by atoms with Crippen LogP contribution < -0.4 is 5.32 Å². The number of ether oxygens (including phenoxy) is 1. The van der Waals surface area contributed by atoms with Gasteiger partial charge in [0.25, 0.3) is 5.91 Å². The smallest absolute Gasteiger partial charge is 0.254 e. The SMILES string of the molecule is COCCCNC(=O)[C@@H]1C[C@@H]2CCCC[C@H]2N1C(=O)c1ccccc1. The fourth-order valence-electron chi connectivity index (χ4n) is 4.26. The summed E-state index contributed by atoms with van der Waals surface area (Å²) in [7, 11) is 1.66. The zero-order valence-electron chi connectivity index (χ0n) is 14.9. The average molecular weight is 344 g/mol. The Morgan fingerprint density at radius 1 is 1.20 bits per heavy atom. The van der Waals surface area contributed by atoms with Crippen LogP contribution in [-0.4, -0.2) is 49.1 Å². The summed E-state index contributed by atoms with van der Waals surface area (Å²) in [6.45, 7) is 1.22. The third-order valence-corrected chi connectivity index (χ3v) is 5.47. The number of hydrogen-bond donors (Lipinski definition) is 1. The van der Waals surface area contributed by atoms with Gasteiger partial charge in [0, 0.05) is 31.9 Å². The van der Waals surface area contributed by atoms with Crippen LogP contribution in [0.4, 0.5) is 0 Å². The molecule has 1 saturated heterocycles. The van der Waals surface area contributed by atoms with Crippen molar-refractivity contribution in [1.82, 2.24) is 10.2 Å². The van der Waals surface area contributed by atoms with Gasteiger partial charge < -0.3 is 15.0 Å². The summed E-state index contributed by atoms with van der Waals surface area (Å²) >= 11 is 0. The van der Waals surface area contributed by atoms with Crippen LogP contribution in [0.3, 0.4) is 0 Å². The summed E-state index contributed by atoms with van der Waals surface area (Å²) in [6, 6.07) is 9.20. The second-order valence-electron chi connectivity index (χ2n) is 7.08. The first kappa shape index (κ1) is 17.9. The molecule has 25 heavy (non-hydrogen) atoms. The molecule has 1 saturated carbocycles. The molecule has 1 aliphatic heterocycles. The largest absolute Gasteiger partial charge is 0.385 e. The molecule has 0 unspecified atom stereocenters. The van der Waals surface area contributed by atoms with Crippen molar-refractivity contribution in [2.45, 2.75) is 50.6 Å². The number of amides is 2. The fraction of sp³-hybridized carbons (Fsp3) is 0.600. The van der Waals surface area contributed by atoms with Crippen LogP contribution in [0.5, 0.6) is 0 Å². The molecule has 2 amide bonds. The number of hydrogen-bond acceptors (Lipinski definition) is 3. The van der Waals surface area contributed by atoms with Gasteiger partial charge in [-0.15, -0.1) is 0 Å². The van der Waals surface area contributed by atoms with E-state index in [0.717, 1.165) is 32.1 Å². The van der Waals surface area contributed by atoms with E-state index in [1.807, 2.05) is 35.2 Å². The van der Waals surface area contributed by atoms with Crippen molar-refractivity contribution in [3.63, 3.8) is 0 Å². The van der Waals surface area contributed by atoms with Gasteiger partial charge in [-0.05, 0) is 43.7 Å². The van der Waals surface area contributed by atoms with Gasteiger partial charge in [0.15, 0.2) is 0 Å². The second-order valence-corrected chi connectivity index (χ2v) is 7.08. The van der Waals surface area contributed by atoms with Crippen molar-refractivity contribution < 1.29 is 14.3 Å². The quantitative estimate of drug-likeness (QED) is 0.807. The first-order valence-electron chi connectivity index (χ1n) is 9.36. The van der Waals surface area contributed by atoms with Crippen molar-refractivity contribution in [3.8, 4) is 0 Å². The summed E-state index contributed by atoms with van der Waals surface area (Å²) in [5.41, 5.74) is 0.672. The van der Waals surface area contributed by atoms with E-state index >= 15 is 0 Å². The highest BCUT2D eigenvalue weighted by atomic mass is 16.5. The summed E-state index contributed by atoms with van der Waals surface area (Å²) in [6.07, 6.45) is 6.06. The minimum atomic E-state index is -0.344. The highest BCUT2D eigenvalue weighted by Crippen LogP contribution is 2.40. The molecule has 1 heterocycles. The Balaban J connectivity index is 1.75. The predicted molar refractivity (Wildman–Crippen MR) is 96.3 cm³/mol. The van der Waals surface area contributed by atoms with E-state index in [-0.39, 0.29) is 23.9 Å². The van der Waals surface area contributed by atoms with E-state index in [4.69, 9.17) is 4.74 Å². The van der Waals surface area contributed by atoms with Crippen LogP contribution in [0.1, 0.15) is 48.9 Å². The van der Waals surface area contributed by atoms with E-state index in [1.165, 1.54) is 6.42 Å². The van der Waals surface area contributed by atoms with Gasteiger partial charge in [-0.2, -0.15) is 0 Å². The van der Waals surface area contributed by atoms with Crippen molar-refractivity contribution >= 4 is 11.8 Å². The Morgan fingerprint density at radius 2 is 1.96 bits per heavy atom. The standard InChI is InChI=1S/C20H28N2O3/c1-25-13-7-12-21-19(23)18-14-16-10-5-6-11-17(16)22(18)20(24)15-8-3-2-4-9-15/h2-4,8-9,16-18H,5-7,10-14H2,1H3,(H,21,23)/t16-,17+,18-/m0/s1. The first-order chi connectivity index (χ1) is 12.2. The Kier molecular flexibility index (Phi) is 6.08. The summed E-state index contributed by atoms with van der Waals surface area (Å²) in [5, 5.41) is 2.99. The van der Waals surface area contributed by atoms with Crippen LogP contribution in [-0.2, 0) is 9.53 Å². The Morgan fingerprint density at radius 3 is 2.72 bits per heavy atom. The van der Waals surface area contributed by atoms with Crippen molar-refractivity contribution in [2.75, 3.05) is 20.3 Å². The van der Waals surface area contributed by atoms with Crippen LogP contribution in [0, 0.1) is 5.92 Å². The lowest BCUT2D eigenvalue weighted by atomic mass is 9.84. The molecule has 3 atom stereocenters. The summed E-state index contributed by atoms with van der Waals surface area (Å²) < 4.78 is 5.03. The van der Waals surface area contributed by atoms with Crippen LogP contribution in [0.2, 0.25) is 0 Å². The molecule has 2 aliphatic rings. The molecule has 0 aromatic heterocycles. The van der Waals surface area contributed by atoms with E-state index in [2.05, 4.69) is 5.32 Å². The number of fused-ring (bicyclic) bond motifs is 1. The number of carbonyl (C=O) groups is 2. The van der Waals surface area contributed by atoms with E-state index in [1.54, 1.807) is 7.11 Å². The number of nitrogens with one attached hydrogen (secondary N) is 1. The summed E-state index contributed by atoms with van der Waals surface area (Å²) in [5.74, 6) is 0.429. The number of likely N-dealkylation sites (tertiary alicyclic amines) is 1. The molecule has 136 valence electrons. The minimum Gasteiger partial charge on any atom is -0.385 e. The average Bonchev–Trinajstić information content (AvgIpc) is 3.05. The molecule has 1 N–H and O–H groups in total. The van der Waals surface area contributed by atoms with Crippen LogP contribution >= 0.6 is 0 Å². The number of nitrogens with zero attached hydrogens (tertiary/aromatic N) is 1. The zero-order chi connectivity index (χ0) is 17.6. The molecule has 1 aromatic rings. The lowest BCUT2D eigenvalue weighted by molar-refractivity contribution is -0.125. The van der Waals surface area contributed by atoms with Crippen molar-refractivity contribution in [3.05, 3.63) is 35.9 Å². The Labute approximate surface area is 149 Å². The molecule has 0 spiro atoms. The van der Waals surface area contributed by atoms with E-state index < -0.39 is 0 Å². The molecule has 0 bridgehead atoms. The van der Waals surface area contributed by atoms with Crippen molar-refractivity contribution in [2.24, 2.45) is 5.92 Å². The van der Waals surface area contributed by atoms with Gasteiger partial charge in [-0.25, -0.2) is 0 Å². The highest BCUT2D eigenvalue weighted by Gasteiger charge is 2.47. The molecule has 5 heteroatoms. The molecule has 1 aromatic carbocycles. The van der Waals surface area contributed by atoms with Crippen molar-refractivity contribution in [1.29, 1.82) is 0 Å². The van der Waals surface area contributed by atoms with E-state index in [9.17, 15) is 9.59 Å². The lowest BCUT2D eigenvalue weighted by Crippen LogP contribution is -2.49. The molecular formula is C20H28N2O3. The molecule has 1 aliphatic carbocycles. The Hall–Kier alpha value is -1.88. The van der Waals surface area contributed by atoms with Crippen LogP contribution in [0.25, 0.3) is 0 Å². The number of rotatable bonds is 6. The third-order valence-electron chi connectivity index (χ3n) is 5.47. The second kappa shape index (κ2) is 8.48.